The highest BCUT2D eigenvalue weighted by molar-refractivity contribution is 5.87. The summed E-state index contributed by atoms with van der Waals surface area (Å²) < 4.78 is 14.5. The molecular formula is C25H24FN7. The van der Waals surface area contributed by atoms with Crippen LogP contribution in [0, 0.1) is 17.1 Å². The lowest BCUT2D eigenvalue weighted by atomic mass is 10.0. The fourth-order valence-corrected chi connectivity index (χ4v) is 4.39. The number of benzene rings is 2. The Kier molecular flexibility index (Phi) is 5.48. The van der Waals surface area contributed by atoms with Crippen molar-refractivity contribution in [2.75, 3.05) is 32.1 Å². The van der Waals surface area contributed by atoms with Crippen molar-refractivity contribution in [3.8, 4) is 28.6 Å². The molecule has 1 aliphatic heterocycles. The largest absolute Gasteiger partial charge is 0.355 e. The van der Waals surface area contributed by atoms with Crippen molar-refractivity contribution in [2.45, 2.75) is 18.9 Å². The molecule has 5 rings (SSSR count). The Hall–Kier alpha value is -3.83. The number of aromatic amines is 1. The molecule has 33 heavy (non-hydrogen) atoms. The minimum atomic E-state index is -0.566. The van der Waals surface area contributed by atoms with Crippen LogP contribution in [0.5, 0.6) is 0 Å². The van der Waals surface area contributed by atoms with Gasteiger partial charge in [-0.15, -0.1) is 0 Å². The molecule has 2 aromatic heterocycles. The number of fused-ring (bicyclic) bond motifs is 1. The van der Waals surface area contributed by atoms with E-state index >= 15 is 0 Å². The van der Waals surface area contributed by atoms with Crippen molar-refractivity contribution in [1.82, 2.24) is 25.1 Å². The van der Waals surface area contributed by atoms with Crippen molar-refractivity contribution >= 4 is 16.7 Å². The molecule has 0 radical (unpaired) electrons. The lowest BCUT2D eigenvalue weighted by Crippen LogP contribution is -2.42. The number of nitrogens with one attached hydrogen (secondary N) is 1. The Bertz CT molecular complexity index is 1350. The van der Waals surface area contributed by atoms with Crippen molar-refractivity contribution < 1.29 is 4.39 Å². The van der Waals surface area contributed by atoms with Crippen molar-refractivity contribution in [2.24, 2.45) is 0 Å². The van der Waals surface area contributed by atoms with Crippen LogP contribution in [0.15, 0.2) is 48.8 Å². The third-order valence-electron chi connectivity index (χ3n) is 6.36. The lowest BCUT2D eigenvalue weighted by molar-refractivity contribution is 0.249. The third kappa shape index (κ3) is 4.03. The predicted octanol–water partition coefficient (Wildman–Crippen LogP) is 4.23. The Balaban J connectivity index is 1.58. The Morgan fingerprint density at radius 2 is 1.82 bits per heavy atom. The molecule has 0 saturated carbocycles. The highest BCUT2D eigenvalue weighted by Crippen LogP contribution is 2.33. The van der Waals surface area contributed by atoms with Crippen LogP contribution in [-0.4, -0.2) is 58.3 Å². The van der Waals surface area contributed by atoms with E-state index in [1.165, 1.54) is 12.1 Å². The molecule has 3 heterocycles. The number of H-pyrrole nitrogens is 1. The summed E-state index contributed by atoms with van der Waals surface area (Å²) in [5.41, 5.74) is 3.59. The third-order valence-corrected chi connectivity index (χ3v) is 6.36. The monoisotopic (exact) mass is 441 g/mol. The van der Waals surface area contributed by atoms with E-state index in [1.807, 2.05) is 24.3 Å². The summed E-state index contributed by atoms with van der Waals surface area (Å²) >= 11 is 0. The second-order valence-electron chi connectivity index (χ2n) is 8.59. The average Bonchev–Trinajstić information content (AvgIpc) is 3.31. The highest BCUT2D eigenvalue weighted by atomic mass is 19.1. The van der Waals surface area contributed by atoms with Crippen LogP contribution in [0.2, 0.25) is 0 Å². The smallest absolute Gasteiger partial charge is 0.147 e. The Morgan fingerprint density at radius 3 is 2.55 bits per heavy atom. The summed E-state index contributed by atoms with van der Waals surface area (Å²) in [6.07, 6.45) is 5.66. The van der Waals surface area contributed by atoms with Gasteiger partial charge in [0.15, 0.2) is 0 Å². The predicted molar refractivity (Wildman–Crippen MR) is 126 cm³/mol. The van der Waals surface area contributed by atoms with Crippen LogP contribution in [0.1, 0.15) is 18.4 Å². The molecule has 7 nitrogen and oxygen atoms in total. The summed E-state index contributed by atoms with van der Waals surface area (Å²) in [5.74, 6) is 0.210. The number of anilines is 1. The minimum absolute atomic E-state index is 0.00838. The number of hydrogen-bond donors (Lipinski definition) is 1. The van der Waals surface area contributed by atoms with Crippen LogP contribution < -0.4 is 4.90 Å². The van der Waals surface area contributed by atoms with Crippen LogP contribution >= 0.6 is 0 Å². The van der Waals surface area contributed by atoms with Crippen molar-refractivity contribution in [1.29, 1.82) is 5.26 Å². The summed E-state index contributed by atoms with van der Waals surface area (Å²) in [7, 11) is 4.23. The maximum Gasteiger partial charge on any atom is 0.147 e. The number of nitriles is 1. The van der Waals surface area contributed by atoms with Gasteiger partial charge in [0.1, 0.15) is 17.7 Å². The number of nitrogens with zero attached hydrogens (tertiary/aromatic N) is 6. The first kappa shape index (κ1) is 21.0. The number of hydrogen-bond acceptors (Lipinski definition) is 6. The van der Waals surface area contributed by atoms with E-state index in [9.17, 15) is 4.39 Å². The topological polar surface area (TPSA) is 84.7 Å². The van der Waals surface area contributed by atoms with Crippen LogP contribution in [-0.2, 0) is 0 Å². The van der Waals surface area contributed by atoms with E-state index in [1.54, 1.807) is 18.5 Å². The highest BCUT2D eigenvalue weighted by Gasteiger charge is 2.23. The fraction of sp³-hybridized carbons (Fsp3) is 0.280. The van der Waals surface area contributed by atoms with Crippen LogP contribution in [0.25, 0.3) is 33.4 Å². The second kappa shape index (κ2) is 8.60. The number of rotatable bonds is 4. The first-order chi connectivity index (χ1) is 16.0. The number of piperidine rings is 1. The summed E-state index contributed by atoms with van der Waals surface area (Å²) in [5, 5.41) is 17.2. The van der Waals surface area contributed by atoms with Gasteiger partial charge in [-0.05, 0) is 45.1 Å². The Labute approximate surface area is 191 Å². The minimum Gasteiger partial charge on any atom is -0.355 e. The van der Waals surface area contributed by atoms with E-state index in [4.69, 9.17) is 15.2 Å². The molecule has 0 spiro atoms. The molecule has 1 saturated heterocycles. The first-order valence-electron chi connectivity index (χ1n) is 11.0. The molecule has 0 atom stereocenters. The maximum absolute atomic E-state index is 14.5. The van der Waals surface area contributed by atoms with E-state index in [2.05, 4.69) is 34.1 Å². The van der Waals surface area contributed by atoms with Gasteiger partial charge in [-0.25, -0.2) is 9.37 Å². The first-order valence-corrected chi connectivity index (χ1v) is 11.0. The molecule has 1 aliphatic rings. The molecule has 0 unspecified atom stereocenters. The van der Waals surface area contributed by atoms with E-state index in [-0.39, 0.29) is 5.56 Å². The molecule has 8 heteroatoms. The van der Waals surface area contributed by atoms with Gasteiger partial charge in [0.25, 0.3) is 0 Å². The lowest BCUT2D eigenvalue weighted by Gasteiger charge is -2.35. The number of aromatic nitrogens is 4. The maximum atomic E-state index is 14.5. The van der Waals surface area contributed by atoms with E-state index in [0.717, 1.165) is 48.2 Å². The standard InChI is InChI=1S/C25H24FN7/c1-32(2)20-7-9-33(10-8-20)23-15-28-24(17-4-6-19-14-29-31-22(19)12-17)25(30-23)16-3-5-18(13-27)21(26)11-16/h3-6,11-12,14-15,20H,7-10H2,1-2H3,(H,29,31). The van der Waals surface area contributed by atoms with Gasteiger partial charge in [0.05, 0.1) is 34.9 Å². The van der Waals surface area contributed by atoms with Gasteiger partial charge in [0.2, 0.25) is 0 Å². The molecule has 0 bridgehead atoms. The molecule has 0 aliphatic carbocycles. The normalized spacial score (nSPS) is 14.7. The summed E-state index contributed by atoms with van der Waals surface area (Å²) in [4.78, 5) is 14.2. The zero-order valence-electron chi connectivity index (χ0n) is 18.6. The Morgan fingerprint density at radius 1 is 1.06 bits per heavy atom. The van der Waals surface area contributed by atoms with E-state index in [0.29, 0.717) is 23.0 Å². The second-order valence-corrected chi connectivity index (χ2v) is 8.59. The molecule has 4 aromatic rings. The van der Waals surface area contributed by atoms with Crippen LogP contribution in [0.3, 0.4) is 0 Å². The number of halogens is 1. The summed E-state index contributed by atoms with van der Waals surface area (Å²) in [6, 6.07) is 12.9. The zero-order valence-corrected chi connectivity index (χ0v) is 18.6. The van der Waals surface area contributed by atoms with Gasteiger partial charge < -0.3 is 9.80 Å². The zero-order chi connectivity index (χ0) is 22.9. The molecule has 1 N–H and O–H groups in total. The van der Waals surface area contributed by atoms with Gasteiger partial charge in [-0.1, -0.05) is 18.2 Å². The van der Waals surface area contributed by atoms with Gasteiger partial charge >= 0.3 is 0 Å². The van der Waals surface area contributed by atoms with Gasteiger partial charge in [-0.3, -0.25) is 10.1 Å². The summed E-state index contributed by atoms with van der Waals surface area (Å²) in [6.45, 7) is 1.77. The molecular weight excluding hydrogens is 417 g/mol. The quantitative estimate of drug-likeness (QED) is 0.510. The van der Waals surface area contributed by atoms with Crippen molar-refractivity contribution in [3.05, 3.63) is 60.2 Å². The van der Waals surface area contributed by atoms with Gasteiger partial charge in [0, 0.05) is 35.6 Å². The fourth-order valence-electron chi connectivity index (χ4n) is 4.39. The van der Waals surface area contributed by atoms with Gasteiger partial charge in [-0.2, -0.15) is 10.4 Å². The molecule has 1 fully saturated rings. The van der Waals surface area contributed by atoms with Crippen LogP contribution in [0.4, 0.5) is 10.2 Å². The molecule has 2 aromatic carbocycles. The SMILES string of the molecule is CN(C)C1CCN(c2cnc(-c3ccc4cn[nH]c4c3)c(-c3ccc(C#N)c(F)c3)n2)CC1. The van der Waals surface area contributed by atoms with Crippen molar-refractivity contribution in [3.63, 3.8) is 0 Å². The molecule has 166 valence electrons. The van der Waals surface area contributed by atoms with E-state index < -0.39 is 5.82 Å². The average molecular weight is 442 g/mol. The molecule has 0 amide bonds.